The summed E-state index contributed by atoms with van der Waals surface area (Å²) in [5, 5.41) is 5.42. The van der Waals surface area contributed by atoms with Crippen molar-refractivity contribution >= 4 is 32.6 Å². The molecule has 0 unspecified atom stereocenters. The molecule has 0 spiro atoms. The Morgan fingerprint density at radius 3 is 2.38 bits per heavy atom. The predicted octanol–water partition coefficient (Wildman–Crippen LogP) is 6.54. The summed E-state index contributed by atoms with van der Waals surface area (Å²) >= 11 is 0. The Labute approximate surface area is 152 Å². The SMILES string of the molecule is CCn1c2ccccc2c2ccc3c(c21)Cc1cc2ccccc2cc1-3. The maximum atomic E-state index is 2.50. The first-order valence-corrected chi connectivity index (χ1v) is 9.40. The number of nitrogens with zero attached hydrogens (tertiary/aromatic N) is 1. The third-order valence-electron chi connectivity index (χ3n) is 5.98. The lowest BCUT2D eigenvalue weighted by Gasteiger charge is -2.08. The van der Waals surface area contributed by atoms with Gasteiger partial charge >= 0.3 is 0 Å². The Hall–Kier alpha value is -3.06. The molecular weight excluding hydrogens is 314 g/mol. The molecule has 0 fully saturated rings. The fourth-order valence-electron chi connectivity index (χ4n) is 4.85. The van der Waals surface area contributed by atoms with Gasteiger partial charge in [-0.1, -0.05) is 60.7 Å². The lowest BCUT2D eigenvalue weighted by atomic mass is 10.00. The van der Waals surface area contributed by atoms with Crippen LogP contribution in [0.4, 0.5) is 0 Å². The van der Waals surface area contributed by atoms with E-state index < -0.39 is 0 Å². The molecule has 0 saturated heterocycles. The molecule has 5 aromatic rings. The monoisotopic (exact) mass is 333 g/mol. The van der Waals surface area contributed by atoms with Gasteiger partial charge in [0, 0.05) is 29.3 Å². The van der Waals surface area contributed by atoms with E-state index in [0.717, 1.165) is 13.0 Å². The second kappa shape index (κ2) is 4.98. The van der Waals surface area contributed by atoms with Crippen molar-refractivity contribution < 1.29 is 0 Å². The van der Waals surface area contributed by atoms with Crippen molar-refractivity contribution in [2.75, 3.05) is 0 Å². The number of hydrogen-bond donors (Lipinski definition) is 0. The van der Waals surface area contributed by atoms with Gasteiger partial charge in [0.05, 0.1) is 5.52 Å². The smallest absolute Gasteiger partial charge is 0.0533 e. The number of aromatic nitrogens is 1. The van der Waals surface area contributed by atoms with Gasteiger partial charge in [-0.05, 0) is 52.1 Å². The highest BCUT2D eigenvalue weighted by atomic mass is 15.0. The van der Waals surface area contributed by atoms with E-state index in [2.05, 4.69) is 84.3 Å². The van der Waals surface area contributed by atoms with Crippen molar-refractivity contribution in [2.24, 2.45) is 0 Å². The summed E-state index contributed by atoms with van der Waals surface area (Å²) in [6.45, 7) is 3.25. The van der Waals surface area contributed by atoms with Gasteiger partial charge in [-0.3, -0.25) is 0 Å². The largest absolute Gasteiger partial charge is 0.341 e. The lowest BCUT2D eigenvalue weighted by molar-refractivity contribution is 0.824. The number of hydrogen-bond acceptors (Lipinski definition) is 0. The molecule has 1 heteroatoms. The molecule has 0 saturated carbocycles. The molecule has 0 atom stereocenters. The van der Waals surface area contributed by atoms with Crippen LogP contribution in [0.15, 0.2) is 72.8 Å². The van der Waals surface area contributed by atoms with Crippen molar-refractivity contribution in [3.8, 4) is 11.1 Å². The zero-order chi connectivity index (χ0) is 17.3. The zero-order valence-corrected chi connectivity index (χ0v) is 14.8. The first-order valence-electron chi connectivity index (χ1n) is 9.40. The highest BCUT2D eigenvalue weighted by molar-refractivity contribution is 6.11. The van der Waals surface area contributed by atoms with Crippen molar-refractivity contribution in [1.82, 2.24) is 4.57 Å². The number of rotatable bonds is 1. The van der Waals surface area contributed by atoms with E-state index in [-0.39, 0.29) is 0 Å². The molecule has 0 amide bonds. The Balaban J connectivity index is 1.73. The molecular formula is C25H19N. The van der Waals surface area contributed by atoms with Crippen LogP contribution in [-0.2, 0) is 13.0 Å². The third kappa shape index (κ3) is 1.70. The van der Waals surface area contributed by atoms with Gasteiger partial charge < -0.3 is 4.57 Å². The van der Waals surface area contributed by atoms with E-state index in [1.807, 2.05) is 0 Å². The van der Waals surface area contributed by atoms with E-state index in [0.29, 0.717) is 0 Å². The van der Waals surface area contributed by atoms with Crippen LogP contribution in [-0.4, -0.2) is 4.57 Å². The third-order valence-corrected chi connectivity index (χ3v) is 5.98. The number of para-hydroxylation sites is 1. The molecule has 1 heterocycles. The molecule has 0 N–H and O–H groups in total. The van der Waals surface area contributed by atoms with Crippen LogP contribution in [0, 0.1) is 0 Å². The van der Waals surface area contributed by atoms with Gasteiger partial charge in [0.2, 0.25) is 0 Å². The number of fused-ring (bicyclic) bond motifs is 8. The highest BCUT2D eigenvalue weighted by Gasteiger charge is 2.24. The lowest BCUT2D eigenvalue weighted by Crippen LogP contribution is -1.96. The van der Waals surface area contributed by atoms with Gasteiger partial charge in [-0.2, -0.15) is 0 Å². The van der Waals surface area contributed by atoms with Crippen LogP contribution in [0.5, 0.6) is 0 Å². The molecule has 0 aliphatic heterocycles. The summed E-state index contributed by atoms with van der Waals surface area (Å²) in [6, 6.07) is 26.9. The second-order valence-electron chi connectivity index (χ2n) is 7.28. The van der Waals surface area contributed by atoms with E-state index in [1.165, 1.54) is 54.8 Å². The van der Waals surface area contributed by atoms with Crippen LogP contribution in [0.1, 0.15) is 18.1 Å². The molecule has 6 rings (SSSR count). The minimum atomic E-state index is 0.999. The van der Waals surface area contributed by atoms with Crippen molar-refractivity contribution in [3.05, 3.63) is 83.9 Å². The minimum absolute atomic E-state index is 0.999. The van der Waals surface area contributed by atoms with Crippen LogP contribution in [0.3, 0.4) is 0 Å². The quantitative estimate of drug-likeness (QED) is 0.322. The summed E-state index contributed by atoms with van der Waals surface area (Å²) < 4.78 is 2.50. The molecule has 124 valence electrons. The second-order valence-corrected chi connectivity index (χ2v) is 7.28. The average molecular weight is 333 g/mol. The van der Waals surface area contributed by atoms with Gasteiger partial charge in [0.15, 0.2) is 0 Å². The maximum absolute atomic E-state index is 2.50. The zero-order valence-electron chi connectivity index (χ0n) is 14.8. The van der Waals surface area contributed by atoms with Crippen LogP contribution >= 0.6 is 0 Å². The molecule has 1 aromatic heterocycles. The Kier molecular flexibility index (Phi) is 2.71. The molecule has 1 aliphatic rings. The average Bonchev–Trinajstić information content (AvgIpc) is 3.21. The summed E-state index contributed by atoms with van der Waals surface area (Å²) in [7, 11) is 0. The van der Waals surface area contributed by atoms with Crippen molar-refractivity contribution in [2.45, 2.75) is 19.9 Å². The number of benzene rings is 4. The van der Waals surface area contributed by atoms with Crippen molar-refractivity contribution in [1.29, 1.82) is 0 Å². The Bertz CT molecular complexity index is 1340. The number of aryl methyl sites for hydroxylation is 1. The van der Waals surface area contributed by atoms with Crippen LogP contribution < -0.4 is 0 Å². The maximum Gasteiger partial charge on any atom is 0.0533 e. The summed E-state index contributed by atoms with van der Waals surface area (Å²) in [6.07, 6.45) is 1.03. The Morgan fingerprint density at radius 1 is 0.769 bits per heavy atom. The molecule has 1 nitrogen and oxygen atoms in total. The topological polar surface area (TPSA) is 4.93 Å². The van der Waals surface area contributed by atoms with Gasteiger partial charge in [-0.25, -0.2) is 0 Å². The van der Waals surface area contributed by atoms with Crippen LogP contribution in [0.25, 0.3) is 43.7 Å². The summed E-state index contributed by atoms with van der Waals surface area (Å²) in [5.74, 6) is 0. The fourth-order valence-corrected chi connectivity index (χ4v) is 4.85. The molecule has 1 aliphatic carbocycles. The fraction of sp³-hybridized carbons (Fsp3) is 0.120. The highest BCUT2D eigenvalue weighted by Crippen LogP contribution is 2.44. The molecule has 0 bridgehead atoms. The summed E-state index contributed by atoms with van der Waals surface area (Å²) in [5.41, 5.74) is 8.54. The molecule has 0 radical (unpaired) electrons. The molecule has 26 heavy (non-hydrogen) atoms. The standard InChI is InChI=1S/C25H19N/c1-2-26-24-10-6-5-9-20(24)21-12-11-19-22-14-17-8-4-3-7-16(17)13-18(22)15-23(19)25(21)26/h3-14H,2,15H2,1H3. The first-order chi connectivity index (χ1) is 12.8. The van der Waals surface area contributed by atoms with E-state index in [1.54, 1.807) is 0 Å². The van der Waals surface area contributed by atoms with Gasteiger partial charge in [0.1, 0.15) is 0 Å². The van der Waals surface area contributed by atoms with E-state index in [4.69, 9.17) is 0 Å². The van der Waals surface area contributed by atoms with Crippen molar-refractivity contribution in [3.63, 3.8) is 0 Å². The van der Waals surface area contributed by atoms with Crippen LogP contribution in [0.2, 0.25) is 0 Å². The van der Waals surface area contributed by atoms with Gasteiger partial charge in [0.25, 0.3) is 0 Å². The van der Waals surface area contributed by atoms with E-state index >= 15 is 0 Å². The minimum Gasteiger partial charge on any atom is -0.341 e. The molecule has 4 aromatic carbocycles. The predicted molar refractivity (Wildman–Crippen MR) is 111 cm³/mol. The normalized spacial score (nSPS) is 12.8. The van der Waals surface area contributed by atoms with E-state index in [9.17, 15) is 0 Å². The first kappa shape index (κ1) is 14.1. The Morgan fingerprint density at radius 2 is 1.54 bits per heavy atom. The summed E-state index contributed by atoms with van der Waals surface area (Å²) in [4.78, 5) is 0. The van der Waals surface area contributed by atoms with Gasteiger partial charge in [-0.15, -0.1) is 0 Å².